The van der Waals surface area contributed by atoms with E-state index in [4.69, 9.17) is 10.00 Å². The van der Waals surface area contributed by atoms with Crippen LogP contribution in [0.25, 0.3) is 10.2 Å². The Kier molecular flexibility index (Phi) is 6.35. The number of thioether (sulfide) groups is 1. The molecule has 0 aliphatic carbocycles. The van der Waals surface area contributed by atoms with Crippen LogP contribution in [0.2, 0.25) is 0 Å². The molecule has 136 valence electrons. The molecule has 2 heterocycles. The zero-order valence-electron chi connectivity index (χ0n) is 14.0. The number of anilines is 1. The minimum Gasteiger partial charge on any atom is -0.455 e. The Bertz CT molecular complexity index is 996. The Morgan fingerprint density at radius 2 is 2.04 bits per heavy atom. The van der Waals surface area contributed by atoms with Crippen molar-refractivity contribution >= 4 is 50.9 Å². The number of esters is 1. The molecule has 0 bridgehead atoms. The van der Waals surface area contributed by atoms with Gasteiger partial charge >= 0.3 is 5.97 Å². The van der Waals surface area contributed by atoms with Crippen molar-refractivity contribution in [1.82, 2.24) is 9.97 Å². The standard InChI is InChI=1S/C18H14N4O3S2/c19-7-5-12-1-3-13(4-2-12)22-15(23)9-25-16(24)10-27-18-14-6-8-26-17(14)20-11-21-18/h1-4,6,8,11H,5,9-10H2,(H,22,23). The minimum absolute atomic E-state index is 0.0537. The lowest BCUT2D eigenvalue weighted by Gasteiger charge is -2.07. The number of thiophene rings is 1. The number of carbonyl (C=O) groups excluding carboxylic acids is 2. The Hall–Kier alpha value is -2.96. The third-order valence-electron chi connectivity index (χ3n) is 3.44. The number of benzene rings is 1. The van der Waals surface area contributed by atoms with E-state index in [1.807, 2.05) is 11.4 Å². The second kappa shape index (κ2) is 9.12. The predicted octanol–water partition coefficient (Wildman–Crippen LogP) is 3.03. The van der Waals surface area contributed by atoms with Crippen molar-refractivity contribution in [2.24, 2.45) is 0 Å². The molecule has 9 heteroatoms. The van der Waals surface area contributed by atoms with Gasteiger partial charge in [-0.1, -0.05) is 23.9 Å². The van der Waals surface area contributed by atoms with Gasteiger partial charge in [-0.25, -0.2) is 9.97 Å². The number of nitriles is 1. The van der Waals surface area contributed by atoms with Crippen LogP contribution in [0, 0.1) is 11.3 Å². The first-order valence-corrected chi connectivity index (χ1v) is 9.74. The van der Waals surface area contributed by atoms with Gasteiger partial charge in [0.15, 0.2) is 6.61 Å². The van der Waals surface area contributed by atoms with Crippen LogP contribution < -0.4 is 5.32 Å². The summed E-state index contributed by atoms with van der Waals surface area (Å²) >= 11 is 2.75. The number of amides is 1. The molecule has 3 rings (SSSR count). The lowest BCUT2D eigenvalue weighted by atomic mass is 10.1. The molecular weight excluding hydrogens is 384 g/mol. The summed E-state index contributed by atoms with van der Waals surface area (Å²) in [5.74, 6) is -0.872. The maximum absolute atomic E-state index is 11.9. The predicted molar refractivity (Wildman–Crippen MR) is 103 cm³/mol. The Labute approximate surface area is 163 Å². The van der Waals surface area contributed by atoms with Crippen LogP contribution in [-0.4, -0.2) is 34.2 Å². The summed E-state index contributed by atoms with van der Waals surface area (Å²) in [6.45, 7) is -0.364. The summed E-state index contributed by atoms with van der Waals surface area (Å²) in [7, 11) is 0. The molecule has 0 saturated carbocycles. The molecule has 0 atom stereocenters. The van der Waals surface area contributed by atoms with Gasteiger partial charge in [-0.05, 0) is 29.1 Å². The zero-order chi connectivity index (χ0) is 19.1. The molecule has 27 heavy (non-hydrogen) atoms. The lowest BCUT2D eigenvalue weighted by molar-refractivity contribution is -0.144. The maximum atomic E-state index is 11.9. The van der Waals surface area contributed by atoms with Crippen molar-refractivity contribution < 1.29 is 14.3 Å². The zero-order valence-corrected chi connectivity index (χ0v) is 15.7. The first kappa shape index (κ1) is 18.8. The number of hydrogen-bond acceptors (Lipinski definition) is 8. The van der Waals surface area contributed by atoms with Crippen LogP contribution in [0.5, 0.6) is 0 Å². The molecule has 1 amide bonds. The van der Waals surface area contributed by atoms with E-state index in [1.165, 1.54) is 29.4 Å². The summed E-state index contributed by atoms with van der Waals surface area (Å²) in [6, 6.07) is 10.9. The number of nitrogens with one attached hydrogen (secondary N) is 1. The fraction of sp³-hybridized carbons (Fsp3) is 0.167. The molecule has 0 spiro atoms. The molecule has 0 saturated heterocycles. The largest absolute Gasteiger partial charge is 0.455 e. The second-order valence-electron chi connectivity index (χ2n) is 5.35. The van der Waals surface area contributed by atoms with Gasteiger partial charge in [-0.2, -0.15) is 5.26 Å². The summed E-state index contributed by atoms with van der Waals surface area (Å²) in [5, 5.41) is 14.8. The van der Waals surface area contributed by atoms with Crippen LogP contribution in [-0.2, 0) is 20.7 Å². The molecule has 0 radical (unpaired) electrons. The van der Waals surface area contributed by atoms with Gasteiger partial charge in [0, 0.05) is 11.1 Å². The fourth-order valence-electron chi connectivity index (χ4n) is 2.19. The van der Waals surface area contributed by atoms with Gasteiger partial charge in [0.1, 0.15) is 16.2 Å². The van der Waals surface area contributed by atoms with Crippen molar-refractivity contribution in [3.05, 3.63) is 47.6 Å². The number of aromatic nitrogens is 2. The van der Waals surface area contributed by atoms with Gasteiger partial charge in [-0.15, -0.1) is 11.3 Å². The quantitative estimate of drug-likeness (QED) is 0.370. The van der Waals surface area contributed by atoms with Crippen LogP contribution >= 0.6 is 23.1 Å². The normalized spacial score (nSPS) is 10.3. The average molecular weight is 398 g/mol. The van der Waals surface area contributed by atoms with Crippen molar-refractivity contribution in [3.63, 3.8) is 0 Å². The molecule has 0 fully saturated rings. The van der Waals surface area contributed by atoms with E-state index >= 15 is 0 Å². The van der Waals surface area contributed by atoms with Gasteiger partial charge in [-0.3, -0.25) is 9.59 Å². The van der Waals surface area contributed by atoms with E-state index in [-0.39, 0.29) is 12.4 Å². The van der Waals surface area contributed by atoms with E-state index in [0.717, 1.165) is 15.8 Å². The fourth-order valence-corrected chi connectivity index (χ4v) is 3.77. The summed E-state index contributed by atoms with van der Waals surface area (Å²) in [5.41, 5.74) is 1.44. The Morgan fingerprint density at radius 1 is 1.22 bits per heavy atom. The number of carbonyl (C=O) groups is 2. The summed E-state index contributed by atoms with van der Waals surface area (Å²) in [4.78, 5) is 32.9. The van der Waals surface area contributed by atoms with Crippen molar-refractivity contribution in [1.29, 1.82) is 5.26 Å². The third-order valence-corrected chi connectivity index (χ3v) is 5.24. The van der Waals surface area contributed by atoms with Crippen LogP contribution in [0.15, 0.2) is 47.1 Å². The molecule has 1 N–H and O–H groups in total. The Morgan fingerprint density at radius 3 is 2.81 bits per heavy atom. The highest BCUT2D eigenvalue weighted by atomic mass is 32.2. The molecule has 3 aromatic rings. The van der Waals surface area contributed by atoms with Gasteiger partial charge < -0.3 is 10.1 Å². The Balaban J connectivity index is 1.44. The van der Waals surface area contributed by atoms with Gasteiger partial charge in [0.2, 0.25) is 0 Å². The highest BCUT2D eigenvalue weighted by molar-refractivity contribution is 8.00. The number of rotatable bonds is 7. The molecule has 0 unspecified atom stereocenters. The highest BCUT2D eigenvalue weighted by Gasteiger charge is 2.11. The highest BCUT2D eigenvalue weighted by Crippen LogP contribution is 2.27. The second-order valence-corrected chi connectivity index (χ2v) is 7.21. The number of hydrogen-bond donors (Lipinski definition) is 1. The SMILES string of the molecule is N#CCc1ccc(NC(=O)COC(=O)CSc2ncnc3sccc23)cc1. The summed E-state index contributed by atoms with van der Waals surface area (Å²) < 4.78 is 5.00. The first-order chi connectivity index (χ1) is 13.2. The van der Waals surface area contributed by atoms with Crippen LogP contribution in [0.4, 0.5) is 5.69 Å². The average Bonchev–Trinajstić information content (AvgIpc) is 3.16. The van der Waals surface area contributed by atoms with Crippen molar-refractivity contribution in [2.45, 2.75) is 11.4 Å². The third kappa shape index (κ3) is 5.26. The monoisotopic (exact) mass is 398 g/mol. The number of nitrogens with zero attached hydrogens (tertiary/aromatic N) is 3. The molecule has 7 nitrogen and oxygen atoms in total. The van der Waals surface area contributed by atoms with Crippen molar-refractivity contribution in [2.75, 3.05) is 17.7 Å². The molecule has 2 aromatic heterocycles. The van der Waals surface area contributed by atoms with Gasteiger partial charge in [0.25, 0.3) is 5.91 Å². The van der Waals surface area contributed by atoms with Crippen LogP contribution in [0.3, 0.4) is 0 Å². The van der Waals surface area contributed by atoms with Gasteiger partial charge in [0.05, 0.1) is 18.2 Å². The van der Waals surface area contributed by atoms with E-state index in [0.29, 0.717) is 17.1 Å². The lowest BCUT2D eigenvalue weighted by Crippen LogP contribution is -2.21. The molecule has 0 aliphatic heterocycles. The smallest absolute Gasteiger partial charge is 0.316 e. The minimum atomic E-state index is -0.499. The topological polar surface area (TPSA) is 105 Å². The van der Waals surface area contributed by atoms with E-state index in [1.54, 1.807) is 24.3 Å². The molecular formula is C18H14N4O3S2. The van der Waals surface area contributed by atoms with E-state index < -0.39 is 11.9 Å². The van der Waals surface area contributed by atoms with E-state index in [2.05, 4.69) is 21.4 Å². The van der Waals surface area contributed by atoms with Crippen LogP contribution in [0.1, 0.15) is 5.56 Å². The maximum Gasteiger partial charge on any atom is 0.316 e. The number of ether oxygens (including phenoxy) is 1. The first-order valence-electron chi connectivity index (χ1n) is 7.88. The van der Waals surface area contributed by atoms with E-state index in [9.17, 15) is 9.59 Å². The van der Waals surface area contributed by atoms with Crippen molar-refractivity contribution in [3.8, 4) is 6.07 Å². The molecule has 0 aliphatic rings. The number of fused-ring (bicyclic) bond motifs is 1. The summed E-state index contributed by atoms with van der Waals surface area (Å²) in [6.07, 6.45) is 1.77. The molecule has 1 aromatic carbocycles.